The quantitative estimate of drug-likeness (QED) is 0.774. The van der Waals surface area contributed by atoms with Crippen molar-refractivity contribution in [1.82, 2.24) is 15.2 Å². The second kappa shape index (κ2) is 6.29. The summed E-state index contributed by atoms with van der Waals surface area (Å²) in [5, 5.41) is 9.75. The highest BCUT2D eigenvalue weighted by Gasteiger charge is 2.15. The van der Waals surface area contributed by atoms with E-state index >= 15 is 0 Å². The van der Waals surface area contributed by atoms with Gasteiger partial charge in [0.1, 0.15) is 5.82 Å². The van der Waals surface area contributed by atoms with Crippen LogP contribution in [0.5, 0.6) is 0 Å². The molecule has 0 aliphatic carbocycles. The molecule has 0 aliphatic heterocycles. The number of aromatic amines is 1. The normalized spacial score (nSPS) is 12.2. The van der Waals surface area contributed by atoms with Gasteiger partial charge in [-0.25, -0.2) is 4.98 Å². The minimum Gasteiger partial charge on any atom is -0.324 e. The van der Waals surface area contributed by atoms with E-state index in [1.807, 2.05) is 38.1 Å². The number of anilines is 1. The predicted molar refractivity (Wildman–Crippen MR) is 78.1 cm³/mol. The van der Waals surface area contributed by atoms with Crippen LogP contribution in [0.2, 0.25) is 0 Å². The van der Waals surface area contributed by atoms with Crippen molar-refractivity contribution in [2.24, 2.45) is 5.73 Å². The standard InChI is InChI=1S/C14H19N5O/c1-3-6-11(15)14(20)17-12-8-5-4-7-10(12)13-16-9(2)18-19-13/h4-5,7-8,11H,3,6,15H2,1-2H3,(H,17,20)(H,16,18,19)/t11-/m0/s1. The Morgan fingerprint density at radius 1 is 1.45 bits per heavy atom. The summed E-state index contributed by atoms with van der Waals surface area (Å²) in [6, 6.07) is 6.91. The zero-order valence-electron chi connectivity index (χ0n) is 11.7. The topological polar surface area (TPSA) is 96.7 Å². The van der Waals surface area contributed by atoms with E-state index in [9.17, 15) is 4.79 Å². The van der Waals surface area contributed by atoms with E-state index in [4.69, 9.17) is 5.73 Å². The fourth-order valence-corrected chi connectivity index (χ4v) is 1.92. The Labute approximate surface area is 117 Å². The minimum absolute atomic E-state index is 0.188. The van der Waals surface area contributed by atoms with Crippen LogP contribution < -0.4 is 11.1 Å². The maximum absolute atomic E-state index is 12.0. The number of para-hydroxylation sites is 1. The molecule has 0 radical (unpaired) electrons. The van der Waals surface area contributed by atoms with Crippen molar-refractivity contribution >= 4 is 11.6 Å². The number of amides is 1. The molecule has 0 unspecified atom stereocenters. The number of nitrogens with one attached hydrogen (secondary N) is 2. The summed E-state index contributed by atoms with van der Waals surface area (Å²) >= 11 is 0. The second-order valence-electron chi connectivity index (χ2n) is 4.67. The molecule has 0 spiro atoms. The van der Waals surface area contributed by atoms with Crippen molar-refractivity contribution in [2.45, 2.75) is 32.7 Å². The van der Waals surface area contributed by atoms with Crippen LogP contribution in [0.25, 0.3) is 11.4 Å². The maximum atomic E-state index is 12.0. The van der Waals surface area contributed by atoms with Gasteiger partial charge >= 0.3 is 0 Å². The van der Waals surface area contributed by atoms with Crippen LogP contribution >= 0.6 is 0 Å². The highest BCUT2D eigenvalue weighted by Crippen LogP contribution is 2.24. The molecule has 0 saturated heterocycles. The molecule has 6 nitrogen and oxygen atoms in total. The van der Waals surface area contributed by atoms with Crippen molar-refractivity contribution in [2.75, 3.05) is 5.32 Å². The molecule has 0 bridgehead atoms. The third-order valence-electron chi connectivity index (χ3n) is 2.96. The highest BCUT2D eigenvalue weighted by molar-refractivity contribution is 5.97. The van der Waals surface area contributed by atoms with E-state index in [0.29, 0.717) is 17.9 Å². The summed E-state index contributed by atoms with van der Waals surface area (Å²) in [4.78, 5) is 16.3. The Morgan fingerprint density at radius 2 is 2.20 bits per heavy atom. The van der Waals surface area contributed by atoms with E-state index in [1.54, 1.807) is 0 Å². The third kappa shape index (κ3) is 3.21. The van der Waals surface area contributed by atoms with Gasteiger partial charge in [-0.2, -0.15) is 5.10 Å². The van der Waals surface area contributed by atoms with Gasteiger partial charge in [0.15, 0.2) is 5.82 Å². The van der Waals surface area contributed by atoms with Gasteiger partial charge in [0.25, 0.3) is 0 Å². The summed E-state index contributed by atoms with van der Waals surface area (Å²) in [5.74, 6) is 1.10. The van der Waals surface area contributed by atoms with E-state index in [2.05, 4.69) is 20.5 Å². The monoisotopic (exact) mass is 273 g/mol. The van der Waals surface area contributed by atoms with Crippen molar-refractivity contribution in [3.05, 3.63) is 30.1 Å². The first-order valence-corrected chi connectivity index (χ1v) is 6.66. The van der Waals surface area contributed by atoms with Crippen molar-refractivity contribution in [3.63, 3.8) is 0 Å². The largest absolute Gasteiger partial charge is 0.324 e. The number of rotatable bonds is 5. The molecule has 1 atom stereocenters. The summed E-state index contributed by atoms with van der Waals surface area (Å²) in [6.07, 6.45) is 1.53. The average Bonchev–Trinajstić information content (AvgIpc) is 2.86. The first kappa shape index (κ1) is 14.2. The Bertz CT molecular complexity index is 593. The Kier molecular flexibility index (Phi) is 4.47. The molecule has 2 rings (SSSR count). The van der Waals surface area contributed by atoms with Gasteiger partial charge in [0.05, 0.1) is 11.7 Å². The molecule has 2 aromatic rings. The molecule has 0 saturated carbocycles. The van der Waals surface area contributed by atoms with E-state index in [-0.39, 0.29) is 5.91 Å². The number of aromatic nitrogens is 3. The van der Waals surface area contributed by atoms with Gasteiger partial charge < -0.3 is 11.1 Å². The third-order valence-corrected chi connectivity index (χ3v) is 2.96. The van der Waals surface area contributed by atoms with Gasteiger partial charge in [-0.3, -0.25) is 9.89 Å². The molecule has 1 amide bonds. The number of hydrogen-bond acceptors (Lipinski definition) is 4. The van der Waals surface area contributed by atoms with E-state index in [0.717, 1.165) is 17.8 Å². The smallest absolute Gasteiger partial charge is 0.241 e. The first-order valence-electron chi connectivity index (χ1n) is 6.66. The first-order chi connectivity index (χ1) is 9.61. The molecule has 0 fully saturated rings. The lowest BCUT2D eigenvalue weighted by molar-refractivity contribution is -0.117. The lowest BCUT2D eigenvalue weighted by Crippen LogP contribution is -2.35. The van der Waals surface area contributed by atoms with Crippen LogP contribution in [0.4, 0.5) is 5.69 Å². The van der Waals surface area contributed by atoms with Gasteiger partial charge in [-0.05, 0) is 25.5 Å². The Hall–Kier alpha value is -2.21. The number of aryl methyl sites for hydroxylation is 1. The molecule has 4 N–H and O–H groups in total. The molecule has 106 valence electrons. The van der Waals surface area contributed by atoms with Gasteiger partial charge in [0, 0.05) is 5.56 Å². The molecular formula is C14H19N5O. The van der Waals surface area contributed by atoms with Gasteiger partial charge in [0.2, 0.25) is 5.91 Å². The fourth-order valence-electron chi connectivity index (χ4n) is 1.92. The van der Waals surface area contributed by atoms with E-state index in [1.165, 1.54) is 0 Å². The number of H-pyrrole nitrogens is 1. The lowest BCUT2D eigenvalue weighted by Gasteiger charge is -2.13. The van der Waals surface area contributed by atoms with Crippen LogP contribution in [-0.2, 0) is 4.79 Å². The summed E-state index contributed by atoms with van der Waals surface area (Å²) in [6.45, 7) is 3.83. The number of nitrogens with zero attached hydrogens (tertiary/aromatic N) is 2. The summed E-state index contributed by atoms with van der Waals surface area (Å²) in [7, 11) is 0. The second-order valence-corrected chi connectivity index (χ2v) is 4.67. The fraction of sp³-hybridized carbons (Fsp3) is 0.357. The summed E-state index contributed by atoms with van der Waals surface area (Å²) in [5.41, 5.74) is 7.26. The summed E-state index contributed by atoms with van der Waals surface area (Å²) < 4.78 is 0. The molecule has 1 aromatic heterocycles. The molecule has 20 heavy (non-hydrogen) atoms. The zero-order valence-corrected chi connectivity index (χ0v) is 11.7. The maximum Gasteiger partial charge on any atom is 0.241 e. The van der Waals surface area contributed by atoms with Crippen LogP contribution in [-0.4, -0.2) is 27.1 Å². The number of carbonyl (C=O) groups is 1. The van der Waals surface area contributed by atoms with Crippen molar-refractivity contribution in [3.8, 4) is 11.4 Å². The van der Waals surface area contributed by atoms with E-state index < -0.39 is 6.04 Å². The SMILES string of the molecule is CCC[C@H](N)C(=O)Nc1ccccc1-c1n[nH]c(C)n1. The Balaban J connectivity index is 2.22. The van der Waals surface area contributed by atoms with Crippen molar-refractivity contribution in [1.29, 1.82) is 0 Å². The van der Waals surface area contributed by atoms with Crippen LogP contribution in [0.15, 0.2) is 24.3 Å². The van der Waals surface area contributed by atoms with Crippen molar-refractivity contribution < 1.29 is 4.79 Å². The van der Waals surface area contributed by atoms with Gasteiger partial charge in [-0.15, -0.1) is 0 Å². The number of benzene rings is 1. The predicted octanol–water partition coefficient (Wildman–Crippen LogP) is 1.85. The number of carbonyl (C=O) groups excluding carboxylic acids is 1. The Morgan fingerprint density at radius 3 is 2.85 bits per heavy atom. The molecule has 1 aromatic carbocycles. The van der Waals surface area contributed by atoms with Crippen LogP contribution in [0, 0.1) is 6.92 Å². The van der Waals surface area contributed by atoms with Gasteiger partial charge in [-0.1, -0.05) is 25.5 Å². The zero-order chi connectivity index (χ0) is 14.5. The molecular weight excluding hydrogens is 254 g/mol. The number of hydrogen-bond donors (Lipinski definition) is 3. The lowest BCUT2D eigenvalue weighted by atomic mass is 10.1. The average molecular weight is 273 g/mol. The molecule has 6 heteroatoms. The highest BCUT2D eigenvalue weighted by atomic mass is 16.2. The minimum atomic E-state index is -0.498. The van der Waals surface area contributed by atoms with Crippen LogP contribution in [0.3, 0.4) is 0 Å². The molecule has 1 heterocycles. The molecule has 0 aliphatic rings. The number of nitrogens with two attached hydrogens (primary N) is 1. The van der Waals surface area contributed by atoms with Crippen LogP contribution in [0.1, 0.15) is 25.6 Å².